The molecule has 0 fully saturated rings. The number of ether oxygens (including phenoxy) is 2. The third kappa shape index (κ3) is 4.15. The second-order valence-corrected chi connectivity index (χ2v) is 4.25. The van der Waals surface area contributed by atoms with E-state index >= 15 is 0 Å². The molecule has 0 atom stereocenters. The van der Waals surface area contributed by atoms with E-state index < -0.39 is 0 Å². The maximum absolute atomic E-state index is 5.93. The first-order chi connectivity index (χ1) is 9.35. The first-order valence-electron chi connectivity index (χ1n) is 6.32. The predicted octanol–water partition coefficient (Wildman–Crippen LogP) is 3.42. The van der Waals surface area contributed by atoms with Crippen molar-refractivity contribution < 1.29 is 9.47 Å². The van der Waals surface area contributed by atoms with E-state index in [0.717, 1.165) is 29.2 Å². The minimum Gasteiger partial charge on any atom is -0.493 e. The first-order valence-corrected chi connectivity index (χ1v) is 6.32. The average molecular weight is 294 g/mol. The zero-order valence-electron chi connectivity index (χ0n) is 11.8. The highest BCUT2D eigenvalue weighted by atomic mass is 35.5. The van der Waals surface area contributed by atoms with Gasteiger partial charge in [0.15, 0.2) is 11.5 Å². The van der Waals surface area contributed by atoms with E-state index in [2.05, 4.69) is 5.32 Å². The van der Waals surface area contributed by atoms with Gasteiger partial charge in [0.2, 0.25) is 0 Å². The third-order valence-corrected chi connectivity index (χ3v) is 2.87. The number of nitrogens with one attached hydrogen (secondary N) is 1. The normalized spacial score (nSPS) is 9.70. The van der Waals surface area contributed by atoms with Gasteiger partial charge >= 0.3 is 0 Å². The molecule has 2 rings (SSSR count). The summed E-state index contributed by atoms with van der Waals surface area (Å²) in [7, 11) is 3.58. The van der Waals surface area contributed by atoms with Gasteiger partial charge in [-0.25, -0.2) is 0 Å². The highest BCUT2D eigenvalue weighted by Gasteiger charge is 2.10. The maximum Gasteiger partial charge on any atom is 0.166 e. The van der Waals surface area contributed by atoms with Gasteiger partial charge < -0.3 is 14.8 Å². The van der Waals surface area contributed by atoms with Crippen LogP contribution in [0.4, 0.5) is 0 Å². The Labute approximate surface area is 126 Å². The monoisotopic (exact) mass is 293 g/mol. The van der Waals surface area contributed by atoms with E-state index in [1.54, 1.807) is 7.11 Å². The van der Waals surface area contributed by atoms with Crippen molar-refractivity contribution >= 4 is 12.4 Å². The zero-order chi connectivity index (χ0) is 13.5. The van der Waals surface area contributed by atoms with E-state index in [1.807, 2.05) is 55.6 Å². The van der Waals surface area contributed by atoms with Gasteiger partial charge in [0.25, 0.3) is 0 Å². The van der Waals surface area contributed by atoms with Crippen molar-refractivity contribution in [3.05, 3.63) is 59.7 Å². The quantitative estimate of drug-likeness (QED) is 0.885. The van der Waals surface area contributed by atoms with Crippen LogP contribution in [-0.2, 0) is 13.2 Å². The molecule has 0 aliphatic carbocycles. The lowest BCUT2D eigenvalue weighted by molar-refractivity contribution is 0.281. The summed E-state index contributed by atoms with van der Waals surface area (Å²) < 4.78 is 11.3. The van der Waals surface area contributed by atoms with Crippen molar-refractivity contribution in [1.29, 1.82) is 0 Å². The van der Waals surface area contributed by atoms with E-state index in [9.17, 15) is 0 Å². The van der Waals surface area contributed by atoms with Gasteiger partial charge in [-0.3, -0.25) is 0 Å². The fourth-order valence-corrected chi connectivity index (χ4v) is 1.95. The molecule has 3 nitrogen and oxygen atoms in total. The van der Waals surface area contributed by atoms with Gasteiger partial charge in [0.05, 0.1) is 7.11 Å². The maximum atomic E-state index is 5.93. The molecule has 0 heterocycles. The number of halogens is 1. The highest BCUT2D eigenvalue weighted by molar-refractivity contribution is 5.85. The number of para-hydroxylation sites is 1. The minimum absolute atomic E-state index is 0. The summed E-state index contributed by atoms with van der Waals surface area (Å²) in [5, 5.41) is 3.14. The van der Waals surface area contributed by atoms with Crippen LogP contribution >= 0.6 is 12.4 Å². The molecule has 4 heteroatoms. The molecular formula is C16H20ClNO2. The van der Waals surface area contributed by atoms with Crippen LogP contribution in [0.15, 0.2) is 48.5 Å². The Balaban J connectivity index is 0.00000200. The number of benzene rings is 2. The van der Waals surface area contributed by atoms with Crippen LogP contribution in [0, 0.1) is 0 Å². The van der Waals surface area contributed by atoms with Crippen molar-refractivity contribution in [3.63, 3.8) is 0 Å². The molecule has 0 amide bonds. The van der Waals surface area contributed by atoms with Crippen molar-refractivity contribution in [1.82, 2.24) is 5.32 Å². The van der Waals surface area contributed by atoms with Crippen molar-refractivity contribution in [2.45, 2.75) is 13.2 Å². The molecule has 0 spiro atoms. The van der Waals surface area contributed by atoms with Gasteiger partial charge in [0, 0.05) is 12.1 Å². The molecule has 0 bridgehead atoms. The molecule has 0 radical (unpaired) electrons. The van der Waals surface area contributed by atoms with Crippen LogP contribution in [0.25, 0.3) is 0 Å². The van der Waals surface area contributed by atoms with Crippen molar-refractivity contribution in [3.8, 4) is 11.5 Å². The van der Waals surface area contributed by atoms with Crippen LogP contribution in [0.2, 0.25) is 0 Å². The highest BCUT2D eigenvalue weighted by Crippen LogP contribution is 2.31. The lowest BCUT2D eigenvalue weighted by Crippen LogP contribution is -2.08. The molecule has 20 heavy (non-hydrogen) atoms. The molecule has 0 saturated heterocycles. The topological polar surface area (TPSA) is 30.5 Å². The van der Waals surface area contributed by atoms with E-state index in [0.29, 0.717) is 6.61 Å². The molecule has 0 unspecified atom stereocenters. The summed E-state index contributed by atoms with van der Waals surface area (Å²) in [5.41, 5.74) is 2.24. The summed E-state index contributed by atoms with van der Waals surface area (Å²) >= 11 is 0. The van der Waals surface area contributed by atoms with Crippen LogP contribution in [0.1, 0.15) is 11.1 Å². The van der Waals surface area contributed by atoms with E-state index in [-0.39, 0.29) is 12.4 Å². The van der Waals surface area contributed by atoms with Crippen LogP contribution in [-0.4, -0.2) is 14.2 Å². The van der Waals surface area contributed by atoms with Crippen LogP contribution in [0.5, 0.6) is 11.5 Å². The molecule has 108 valence electrons. The summed E-state index contributed by atoms with van der Waals surface area (Å²) in [6, 6.07) is 16.0. The Morgan fingerprint density at radius 2 is 1.75 bits per heavy atom. The van der Waals surface area contributed by atoms with Crippen molar-refractivity contribution in [2.75, 3.05) is 14.2 Å². The second-order valence-electron chi connectivity index (χ2n) is 4.25. The summed E-state index contributed by atoms with van der Waals surface area (Å²) in [5.74, 6) is 1.58. The van der Waals surface area contributed by atoms with Gasteiger partial charge in [-0.05, 0) is 18.7 Å². The van der Waals surface area contributed by atoms with Crippen LogP contribution < -0.4 is 14.8 Å². The van der Waals surface area contributed by atoms with Crippen molar-refractivity contribution in [2.24, 2.45) is 0 Å². The standard InChI is InChI=1S/C16H19NO2.ClH/c1-17-11-14-9-6-10-15(18-2)16(14)19-12-13-7-4-3-5-8-13;/h3-10,17H,11-12H2,1-2H3;1H. The zero-order valence-corrected chi connectivity index (χ0v) is 12.6. The SMILES string of the molecule is CNCc1cccc(OC)c1OCc1ccccc1.Cl. The smallest absolute Gasteiger partial charge is 0.166 e. The summed E-state index contributed by atoms with van der Waals surface area (Å²) in [6.45, 7) is 1.29. The number of hydrogen-bond acceptors (Lipinski definition) is 3. The molecule has 2 aromatic carbocycles. The number of hydrogen-bond donors (Lipinski definition) is 1. The van der Waals surface area contributed by atoms with Gasteiger partial charge in [-0.2, -0.15) is 0 Å². The Bertz CT molecular complexity index is 517. The summed E-state index contributed by atoms with van der Waals surface area (Å²) in [4.78, 5) is 0. The average Bonchev–Trinajstić information content (AvgIpc) is 2.47. The Hall–Kier alpha value is -1.71. The largest absolute Gasteiger partial charge is 0.493 e. The van der Waals surface area contributed by atoms with E-state index in [4.69, 9.17) is 9.47 Å². The van der Waals surface area contributed by atoms with Gasteiger partial charge in [-0.15, -0.1) is 12.4 Å². The number of rotatable bonds is 6. The summed E-state index contributed by atoms with van der Waals surface area (Å²) in [6.07, 6.45) is 0. The second kappa shape index (κ2) is 8.46. The molecule has 1 N–H and O–H groups in total. The fourth-order valence-electron chi connectivity index (χ4n) is 1.95. The molecule has 0 aliphatic rings. The lowest BCUT2D eigenvalue weighted by Gasteiger charge is -2.15. The minimum atomic E-state index is 0. The van der Waals surface area contributed by atoms with Crippen LogP contribution in [0.3, 0.4) is 0 Å². The van der Waals surface area contributed by atoms with Gasteiger partial charge in [0.1, 0.15) is 6.61 Å². The molecule has 0 saturated carbocycles. The molecule has 0 aromatic heterocycles. The molecular weight excluding hydrogens is 274 g/mol. The molecule has 2 aromatic rings. The first kappa shape index (κ1) is 16.3. The Morgan fingerprint density at radius 3 is 2.40 bits per heavy atom. The van der Waals surface area contributed by atoms with E-state index in [1.165, 1.54) is 0 Å². The fraction of sp³-hybridized carbons (Fsp3) is 0.250. The van der Waals surface area contributed by atoms with Gasteiger partial charge in [-0.1, -0.05) is 42.5 Å². The Morgan fingerprint density at radius 1 is 1.00 bits per heavy atom. The predicted molar refractivity (Wildman–Crippen MR) is 83.8 cm³/mol. The Kier molecular flexibility index (Phi) is 6.91. The lowest BCUT2D eigenvalue weighted by atomic mass is 10.2. The number of methoxy groups -OCH3 is 1. The third-order valence-electron chi connectivity index (χ3n) is 2.87. The molecule has 0 aliphatic heterocycles.